The number of benzene rings is 2. The zero-order chi connectivity index (χ0) is 20.9. The van der Waals surface area contributed by atoms with E-state index in [1.165, 1.54) is 12.1 Å². The molecule has 160 valence electrons. The van der Waals surface area contributed by atoms with Gasteiger partial charge in [-0.1, -0.05) is 13.0 Å². The molecular weight excluding hydrogens is 385 g/mol. The van der Waals surface area contributed by atoms with Gasteiger partial charge in [0.2, 0.25) is 12.7 Å². The molecule has 1 atom stereocenters. The molecule has 2 aromatic carbocycles. The van der Waals surface area contributed by atoms with E-state index in [4.69, 9.17) is 9.47 Å². The van der Waals surface area contributed by atoms with Gasteiger partial charge in [0, 0.05) is 44.8 Å². The summed E-state index contributed by atoms with van der Waals surface area (Å²) in [6.07, 6.45) is 1.36. The van der Waals surface area contributed by atoms with E-state index in [1.54, 1.807) is 0 Å². The molecule has 30 heavy (non-hydrogen) atoms. The molecule has 0 aliphatic carbocycles. The van der Waals surface area contributed by atoms with E-state index in [2.05, 4.69) is 21.2 Å². The van der Waals surface area contributed by atoms with Gasteiger partial charge in [0.1, 0.15) is 5.82 Å². The maximum Gasteiger partial charge on any atom is 0.231 e. The summed E-state index contributed by atoms with van der Waals surface area (Å²) in [5, 5.41) is 3.09. The van der Waals surface area contributed by atoms with Gasteiger partial charge < -0.3 is 19.7 Å². The maximum absolute atomic E-state index is 13.2. The molecule has 7 heteroatoms. The molecule has 2 aromatic rings. The van der Waals surface area contributed by atoms with E-state index in [9.17, 15) is 9.18 Å². The number of nitrogens with zero attached hydrogens (tertiary/aromatic N) is 2. The topological polar surface area (TPSA) is 54.0 Å². The van der Waals surface area contributed by atoms with Crippen LogP contribution in [0.2, 0.25) is 0 Å². The lowest BCUT2D eigenvalue weighted by atomic mass is 10.0. The number of anilines is 1. The van der Waals surface area contributed by atoms with Crippen molar-refractivity contribution in [2.24, 2.45) is 0 Å². The van der Waals surface area contributed by atoms with Crippen molar-refractivity contribution in [3.05, 3.63) is 53.8 Å². The minimum absolute atomic E-state index is 0.0515. The lowest BCUT2D eigenvalue weighted by Crippen LogP contribution is -2.50. The third-order valence-corrected chi connectivity index (χ3v) is 5.70. The van der Waals surface area contributed by atoms with E-state index in [0.29, 0.717) is 13.0 Å². The second-order valence-corrected chi connectivity index (χ2v) is 7.68. The Kier molecular flexibility index (Phi) is 6.38. The number of rotatable bonds is 7. The molecule has 1 saturated heterocycles. The van der Waals surface area contributed by atoms with E-state index >= 15 is 0 Å². The Morgan fingerprint density at radius 1 is 1.07 bits per heavy atom. The van der Waals surface area contributed by atoms with Gasteiger partial charge in [-0.15, -0.1) is 0 Å². The summed E-state index contributed by atoms with van der Waals surface area (Å²) >= 11 is 0. The summed E-state index contributed by atoms with van der Waals surface area (Å²) in [7, 11) is 0. The first kappa shape index (κ1) is 20.5. The molecule has 1 N–H and O–H groups in total. The molecule has 1 amide bonds. The van der Waals surface area contributed by atoms with Crippen LogP contribution in [0.5, 0.6) is 11.5 Å². The zero-order valence-corrected chi connectivity index (χ0v) is 17.3. The van der Waals surface area contributed by atoms with Crippen molar-refractivity contribution in [2.75, 3.05) is 44.4 Å². The molecule has 0 saturated carbocycles. The SMILES string of the molecule is CCCC(=O)NCC(c1ccc2c(c1)OCO2)N1CCN(c2ccc(F)cc2)CC1. The van der Waals surface area contributed by atoms with Crippen LogP contribution in [0.4, 0.5) is 10.1 Å². The molecule has 0 radical (unpaired) electrons. The molecule has 1 fully saturated rings. The van der Waals surface area contributed by atoms with Crippen LogP contribution >= 0.6 is 0 Å². The fourth-order valence-electron chi connectivity index (χ4n) is 4.05. The number of piperazine rings is 1. The Morgan fingerprint density at radius 3 is 2.53 bits per heavy atom. The Balaban J connectivity index is 1.46. The van der Waals surface area contributed by atoms with E-state index in [0.717, 1.165) is 55.3 Å². The van der Waals surface area contributed by atoms with Gasteiger partial charge in [0.15, 0.2) is 11.5 Å². The summed E-state index contributed by atoms with van der Waals surface area (Å²) in [4.78, 5) is 16.8. The molecule has 2 aliphatic rings. The van der Waals surface area contributed by atoms with Crippen molar-refractivity contribution in [1.29, 1.82) is 0 Å². The number of carbonyl (C=O) groups excluding carboxylic acids is 1. The van der Waals surface area contributed by atoms with Crippen LogP contribution in [0.15, 0.2) is 42.5 Å². The lowest BCUT2D eigenvalue weighted by molar-refractivity contribution is -0.121. The lowest BCUT2D eigenvalue weighted by Gasteiger charge is -2.40. The van der Waals surface area contributed by atoms with Crippen molar-refractivity contribution in [3.63, 3.8) is 0 Å². The van der Waals surface area contributed by atoms with Gasteiger partial charge >= 0.3 is 0 Å². The first-order chi connectivity index (χ1) is 14.6. The standard InChI is InChI=1S/C23H28FN3O3/c1-2-3-23(28)25-15-20(17-4-9-21-22(14-17)30-16-29-21)27-12-10-26(11-13-27)19-7-5-18(24)6-8-19/h4-9,14,20H,2-3,10-13,15-16H2,1H3,(H,25,28). The summed E-state index contributed by atoms with van der Waals surface area (Å²) in [5.74, 6) is 1.37. The Hall–Kier alpha value is -2.80. The third-order valence-electron chi connectivity index (χ3n) is 5.70. The molecule has 4 rings (SSSR count). The average Bonchev–Trinajstić information content (AvgIpc) is 3.23. The molecule has 0 spiro atoms. The smallest absolute Gasteiger partial charge is 0.231 e. The number of fused-ring (bicyclic) bond motifs is 1. The van der Waals surface area contributed by atoms with Crippen molar-refractivity contribution < 1.29 is 18.7 Å². The number of ether oxygens (including phenoxy) is 2. The summed E-state index contributed by atoms with van der Waals surface area (Å²) in [6.45, 7) is 6.18. The second-order valence-electron chi connectivity index (χ2n) is 7.68. The molecule has 2 aliphatic heterocycles. The number of nitrogens with one attached hydrogen (secondary N) is 1. The number of hydrogen-bond donors (Lipinski definition) is 1. The highest BCUT2D eigenvalue weighted by molar-refractivity contribution is 5.75. The Morgan fingerprint density at radius 2 is 1.80 bits per heavy atom. The Labute approximate surface area is 176 Å². The van der Waals surface area contributed by atoms with Crippen LogP contribution in [0.3, 0.4) is 0 Å². The van der Waals surface area contributed by atoms with Gasteiger partial charge in [-0.3, -0.25) is 9.69 Å². The quantitative estimate of drug-likeness (QED) is 0.755. The van der Waals surface area contributed by atoms with Gasteiger partial charge in [-0.05, 0) is 48.4 Å². The minimum atomic E-state index is -0.219. The number of amides is 1. The second kappa shape index (κ2) is 9.34. The van der Waals surface area contributed by atoms with E-state index < -0.39 is 0 Å². The van der Waals surface area contributed by atoms with Gasteiger partial charge in [-0.25, -0.2) is 4.39 Å². The monoisotopic (exact) mass is 413 g/mol. The minimum Gasteiger partial charge on any atom is -0.454 e. The fourth-order valence-corrected chi connectivity index (χ4v) is 4.05. The molecule has 0 aromatic heterocycles. The van der Waals surface area contributed by atoms with E-state index in [-0.39, 0.29) is 24.6 Å². The van der Waals surface area contributed by atoms with Crippen molar-refractivity contribution >= 4 is 11.6 Å². The normalized spacial score (nSPS) is 17.1. The van der Waals surface area contributed by atoms with Crippen molar-refractivity contribution in [2.45, 2.75) is 25.8 Å². The fraction of sp³-hybridized carbons (Fsp3) is 0.435. The molecule has 0 bridgehead atoms. The van der Waals surface area contributed by atoms with Crippen LogP contribution in [-0.2, 0) is 4.79 Å². The third kappa shape index (κ3) is 4.67. The van der Waals surface area contributed by atoms with Crippen LogP contribution < -0.4 is 19.7 Å². The van der Waals surface area contributed by atoms with Crippen LogP contribution in [0.1, 0.15) is 31.4 Å². The molecule has 6 nitrogen and oxygen atoms in total. The predicted octanol–water partition coefficient (Wildman–Crippen LogP) is 3.33. The zero-order valence-electron chi connectivity index (χ0n) is 17.3. The summed E-state index contributed by atoms with van der Waals surface area (Å²) in [5.41, 5.74) is 2.14. The van der Waals surface area contributed by atoms with Gasteiger partial charge in [0.05, 0.1) is 6.04 Å². The highest BCUT2D eigenvalue weighted by Gasteiger charge is 2.27. The molecular formula is C23H28FN3O3. The van der Waals surface area contributed by atoms with Crippen LogP contribution in [0.25, 0.3) is 0 Å². The van der Waals surface area contributed by atoms with Crippen molar-refractivity contribution in [1.82, 2.24) is 10.2 Å². The van der Waals surface area contributed by atoms with Crippen LogP contribution in [0, 0.1) is 5.82 Å². The highest BCUT2D eigenvalue weighted by atomic mass is 19.1. The van der Waals surface area contributed by atoms with E-state index in [1.807, 2.05) is 31.2 Å². The number of hydrogen-bond acceptors (Lipinski definition) is 5. The molecule has 1 unspecified atom stereocenters. The predicted molar refractivity (Wildman–Crippen MR) is 113 cm³/mol. The maximum atomic E-state index is 13.2. The number of carbonyl (C=O) groups is 1. The average molecular weight is 413 g/mol. The summed E-state index contributed by atoms with van der Waals surface area (Å²) in [6, 6.07) is 12.7. The first-order valence-electron chi connectivity index (χ1n) is 10.5. The van der Waals surface area contributed by atoms with Crippen molar-refractivity contribution in [3.8, 4) is 11.5 Å². The first-order valence-corrected chi connectivity index (χ1v) is 10.5. The van der Waals surface area contributed by atoms with Gasteiger partial charge in [-0.2, -0.15) is 0 Å². The Bertz CT molecular complexity index is 866. The summed E-state index contributed by atoms with van der Waals surface area (Å²) < 4.78 is 24.2. The molecule has 2 heterocycles. The number of halogens is 1. The van der Waals surface area contributed by atoms with Crippen LogP contribution in [-0.4, -0.2) is 50.3 Å². The largest absolute Gasteiger partial charge is 0.454 e. The highest BCUT2D eigenvalue weighted by Crippen LogP contribution is 2.35. The van der Waals surface area contributed by atoms with Gasteiger partial charge in [0.25, 0.3) is 0 Å².